The lowest BCUT2D eigenvalue weighted by molar-refractivity contribution is 0.573. The Labute approximate surface area is 117 Å². The van der Waals surface area contributed by atoms with Crippen LogP contribution in [0.25, 0.3) is 5.65 Å². The molecule has 19 heavy (non-hydrogen) atoms. The van der Waals surface area contributed by atoms with Crippen LogP contribution in [0.15, 0.2) is 24.5 Å². The van der Waals surface area contributed by atoms with Crippen molar-refractivity contribution in [2.24, 2.45) is 0 Å². The molecule has 0 unspecified atom stereocenters. The van der Waals surface area contributed by atoms with Crippen LogP contribution >= 0.6 is 0 Å². The van der Waals surface area contributed by atoms with E-state index in [1.807, 2.05) is 0 Å². The van der Waals surface area contributed by atoms with E-state index >= 15 is 0 Å². The predicted molar refractivity (Wildman–Crippen MR) is 84.5 cm³/mol. The number of rotatable bonds is 2. The summed E-state index contributed by atoms with van der Waals surface area (Å²) < 4.78 is 2.13. The van der Waals surface area contributed by atoms with Crippen molar-refractivity contribution in [3.8, 4) is 0 Å². The van der Waals surface area contributed by atoms with Gasteiger partial charge in [0.05, 0.1) is 5.69 Å². The highest BCUT2D eigenvalue weighted by Crippen LogP contribution is 2.24. The number of hydrogen-bond donors (Lipinski definition) is 0. The van der Waals surface area contributed by atoms with Crippen LogP contribution in [0.2, 0.25) is 5.31 Å². The zero-order valence-electron chi connectivity index (χ0n) is 13.1. The van der Waals surface area contributed by atoms with Gasteiger partial charge in [-0.15, -0.1) is 0 Å². The Hall–Kier alpha value is -1.25. The lowest BCUT2D eigenvalue weighted by Crippen LogP contribution is -2.11. The average molecular weight is 256 g/mol. The summed E-state index contributed by atoms with van der Waals surface area (Å²) in [6.07, 6.45) is 5.40. The highest BCUT2D eigenvalue weighted by molar-refractivity contribution is 6.39. The van der Waals surface area contributed by atoms with Gasteiger partial charge in [-0.3, -0.25) is 0 Å². The molecule has 0 saturated carbocycles. The van der Waals surface area contributed by atoms with Crippen LogP contribution in [0.4, 0.5) is 0 Å². The van der Waals surface area contributed by atoms with E-state index in [1.165, 1.54) is 12.8 Å². The molecule has 0 radical (unpaired) electrons. The van der Waals surface area contributed by atoms with Gasteiger partial charge in [0.1, 0.15) is 12.9 Å². The maximum absolute atomic E-state index is 4.75. The van der Waals surface area contributed by atoms with E-state index in [4.69, 9.17) is 4.98 Å². The fraction of sp³-hybridized carbons (Fsp3) is 0.562. The Kier molecular flexibility index (Phi) is 3.50. The SMILES string of the molecule is CC(C)(C)BCc1ccn2cc(C(C)(C)C)nc2c1. The van der Waals surface area contributed by atoms with E-state index in [9.17, 15) is 0 Å². The number of aromatic nitrogens is 2. The first-order chi connectivity index (χ1) is 8.65. The van der Waals surface area contributed by atoms with Gasteiger partial charge in [0.15, 0.2) is 0 Å². The molecule has 102 valence electrons. The second kappa shape index (κ2) is 4.70. The standard InChI is InChI=1S/C16H25BN2/c1-15(2,3)13-11-19-8-7-12(9-14(19)18-13)10-17-16(4,5)6/h7-9,11,17H,10H2,1-6H3. The summed E-state index contributed by atoms with van der Waals surface area (Å²) >= 11 is 0. The molecule has 2 aromatic heterocycles. The van der Waals surface area contributed by atoms with E-state index in [0.717, 1.165) is 17.7 Å². The highest BCUT2D eigenvalue weighted by atomic mass is 15.0. The average Bonchev–Trinajstić information content (AvgIpc) is 2.67. The smallest absolute Gasteiger partial charge is 0.137 e. The zero-order chi connectivity index (χ0) is 14.3. The second-order valence-electron chi connectivity index (χ2n) is 7.74. The van der Waals surface area contributed by atoms with Crippen molar-refractivity contribution in [1.82, 2.24) is 9.38 Å². The predicted octanol–water partition coefficient (Wildman–Crippen LogP) is 3.79. The van der Waals surface area contributed by atoms with Crippen LogP contribution in [-0.4, -0.2) is 16.7 Å². The second-order valence-corrected chi connectivity index (χ2v) is 7.74. The van der Waals surface area contributed by atoms with E-state index < -0.39 is 0 Å². The molecule has 0 N–H and O–H groups in total. The molecule has 0 spiro atoms. The van der Waals surface area contributed by atoms with E-state index in [2.05, 4.69) is 70.5 Å². The van der Waals surface area contributed by atoms with Crippen LogP contribution in [0.1, 0.15) is 52.8 Å². The molecule has 0 atom stereocenters. The first-order valence-corrected chi connectivity index (χ1v) is 7.13. The van der Waals surface area contributed by atoms with Gasteiger partial charge in [-0.1, -0.05) is 58.7 Å². The number of imidazole rings is 1. The molecule has 0 fully saturated rings. The molecule has 0 aliphatic rings. The summed E-state index contributed by atoms with van der Waals surface area (Å²) in [5.41, 5.74) is 3.71. The molecule has 0 bridgehead atoms. The topological polar surface area (TPSA) is 17.3 Å². The molecule has 0 aliphatic carbocycles. The normalized spacial score (nSPS) is 12.9. The van der Waals surface area contributed by atoms with Crippen molar-refractivity contribution in [3.63, 3.8) is 0 Å². The van der Waals surface area contributed by atoms with E-state index in [-0.39, 0.29) is 5.41 Å². The summed E-state index contributed by atoms with van der Waals surface area (Å²) in [6.45, 7) is 13.5. The van der Waals surface area contributed by atoms with Gasteiger partial charge in [0.2, 0.25) is 0 Å². The summed E-state index contributed by atoms with van der Waals surface area (Å²) in [7, 11) is 1.20. The highest BCUT2D eigenvalue weighted by Gasteiger charge is 2.18. The van der Waals surface area contributed by atoms with Crippen LogP contribution in [-0.2, 0) is 11.7 Å². The molecular formula is C16H25BN2. The van der Waals surface area contributed by atoms with Crippen LogP contribution in [0.3, 0.4) is 0 Å². The van der Waals surface area contributed by atoms with Crippen molar-refractivity contribution in [2.45, 2.75) is 58.6 Å². The van der Waals surface area contributed by atoms with Gasteiger partial charge in [0, 0.05) is 17.8 Å². The third-order valence-corrected chi connectivity index (χ3v) is 3.46. The lowest BCUT2D eigenvalue weighted by atomic mass is 9.52. The number of fused-ring (bicyclic) bond motifs is 1. The Morgan fingerprint density at radius 3 is 2.42 bits per heavy atom. The van der Waals surface area contributed by atoms with Crippen molar-refractivity contribution in [3.05, 3.63) is 35.8 Å². The Morgan fingerprint density at radius 2 is 1.84 bits per heavy atom. The first kappa shape index (κ1) is 14.2. The van der Waals surface area contributed by atoms with Gasteiger partial charge in [-0.2, -0.15) is 0 Å². The molecular weight excluding hydrogens is 231 g/mol. The summed E-state index contributed by atoms with van der Waals surface area (Å²) in [5.74, 6) is 0. The molecule has 2 rings (SSSR count). The third kappa shape index (κ3) is 3.62. The minimum atomic E-state index is 0.109. The number of pyridine rings is 1. The van der Waals surface area contributed by atoms with Gasteiger partial charge in [0.25, 0.3) is 0 Å². The third-order valence-electron chi connectivity index (χ3n) is 3.46. The van der Waals surface area contributed by atoms with Crippen molar-refractivity contribution < 1.29 is 0 Å². The minimum Gasteiger partial charge on any atom is -0.307 e. The minimum absolute atomic E-state index is 0.109. The maximum Gasteiger partial charge on any atom is 0.137 e. The quantitative estimate of drug-likeness (QED) is 0.747. The molecule has 0 aliphatic heterocycles. The van der Waals surface area contributed by atoms with Crippen LogP contribution in [0, 0.1) is 0 Å². The molecule has 2 heterocycles. The van der Waals surface area contributed by atoms with Gasteiger partial charge in [-0.05, 0) is 12.1 Å². The maximum atomic E-state index is 4.75. The molecule has 0 saturated heterocycles. The van der Waals surface area contributed by atoms with Crippen molar-refractivity contribution >= 4 is 12.9 Å². The summed E-state index contributed by atoms with van der Waals surface area (Å²) in [5, 5.41) is 0.387. The molecule has 2 aromatic rings. The van der Waals surface area contributed by atoms with E-state index in [0.29, 0.717) is 5.31 Å². The number of hydrogen-bond acceptors (Lipinski definition) is 1. The Bertz CT molecular complexity index is 570. The van der Waals surface area contributed by atoms with Gasteiger partial charge >= 0.3 is 0 Å². The number of nitrogens with zero attached hydrogens (tertiary/aromatic N) is 2. The molecule has 0 amide bonds. The first-order valence-electron chi connectivity index (χ1n) is 7.13. The van der Waals surface area contributed by atoms with Gasteiger partial charge < -0.3 is 4.40 Å². The van der Waals surface area contributed by atoms with Crippen molar-refractivity contribution in [2.75, 3.05) is 0 Å². The van der Waals surface area contributed by atoms with Crippen molar-refractivity contribution in [1.29, 1.82) is 0 Å². The Balaban J connectivity index is 2.26. The fourth-order valence-corrected chi connectivity index (χ4v) is 2.06. The van der Waals surface area contributed by atoms with E-state index in [1.54, 1.807) is 0 Å². The Morgan fingerprint density at radius 1 is 1.16 bits per heavy atom. The summed E-state index contributed by atoms with van der Waals surface area (Å²) in [6, 6.07) is 4.44. The van der Waals surface area contributed by atoms with Crippen LogP contribution < -0.4 is 0 Å². The monoisotopic (exact) mass is 256 g/mol. The molecule has 2 nitrogen and oxygen atoms in total. The van der Waals surface area contributed by atoms with Gasteiger partial charge in [-0.25, -0.2) is 4.98 Å². The lowest BCUT2D eigenvalue weighted by Gasteiger charge is -2.15. The molecule has 3 heteroatoms. The largest absolute Gasteiger partial charge is 0.307 e. The fourth-order valence-electron chi connectivity index (χ4n) is 2.06. The zero-order valence-corrected chi connectivity index (χ0v) is 13.1. The summed E-state index contributed by atoms with van der Waals surface area (Å²) in [4.78, 5) is 4.75. The van der Waals surface area contributed by atoms with Crippen LogP contribution in [0.5, 0.6) is 0 Å². The molecule has 0 aromatic carbocycles.